The van der Waals surface area contributed by atoms with E-state index >= 15 is 0 Å². The van der Waals surface area contributed by atoms with Crippen LogP contribution in [0.5, 0.6) is 5.75 Å². The quantitative estimate of drug-likeness (QED) is 0.667. The van der Waals surface area contributed by atoms with Crippen molar-refractivity contribution in [2.45, 2.75) is 17.3 Å². The zero-order chi connectivity index (χ0) is 17.8. The SMILES string of the molecule is COc1cccc(-c2nnc(SC(C)C(=O)Nc3nccs3)n2C)c1. The molecule has 1 aromatic carbocycles. The summed E-state index contributed by atoms with van der Waals surface area (Å²) in [6, 6.07) is 7.62. The second-order valence-electron chi connectivity index (χ2n) is 5.18. The third-order valence-electron chi connectivity index (χ3n) is 3.48. The van der Waals surface area contributed by atoms with Gasteiger partial charge >= 0.3 is 0 Å². The van der Waals surface area contributed by atoms with E-state index in [4.69, 9.17) is 4.74 Å². The van der Waals surface area contributed by atoms with Crippen LogP contribution < -0.4 is 10.1 Å². The Morgan fingerprint density at radius 3 is 2.96 bits per heavy atom. The number of amides is 1. The summed E-state index contributed by atoms with van der Waals surface area (Å²) in [7, 11) is 3.50. The first-order valence-electron chi connectivity index (χ1n) is 7.49. The maximum Gasteiger partial charge on any atom is 0.239 e. The van der Waals surface area contributed by atoms with Crippen molar-refractivity contribution in [2.75, 3.05) is 12.4 Å². The zero-order valence-corrected chi connectivity index (χ0v) is 15.6. The second-order valence-corrected chi connectivity index (χ2v) is 7.39. The first-order chi connectivity index (χ1) is 12.1. The smallest absolute Gasteiger partial charge is 0.239 e. The van der Waals surface area contributed by atoms with E-state index in [-0.39, 0.29) is 11.2 Å². The van der Waals surface area contributed by atoms with Crippen LogP contribution in [0.25, 0.3) is 11.4 Å². The predicted molar refractivity (Wildman–Crippen MR) is 99.1 cm³/mol. The molecule has 0 fully saturated rings. The molecular weight excluding hydrogens is 358 g/mol. The molecule has 2 aromatic heterocycles. The predicted octanol–water partition coefficient (Wildman–Crippen LogP) is 3.07. The van der Waals surface area contributed by atoms with Gasteiger partial charge in [0.2, 0.25) is 5.91 Å². The third-order valence-corrected chi connectivity index (χ3v) is 5.30. The van der Waals surface area contributed by atoms with Gasteiger partial charge in [-0.3, -0.25) is 4.79 Å². The number of carbonyl (C=O) groups is 1. The monoisotopic (exact) mass is 375 g/mol. The molecule has 1 atom stereocenters. The summed E-state index contributed by atoms with van der Waals surface area (Å²) in [5.74, 6) is 1.35. The highest BCUT2D eigenvalue weighted by molar-refractivity contribution is 8.00. The van der Waals surface area contributed by atoms with Gasteiger partial charge < -0.3 is 14.6 Å². The summed E-state index contributed by atoms with van der Waals surface area (Å²) < 4.78 is 7.12. The van der Waals surface area contributed by atoms with Crippen molar-refractivity contribution in [1.29, 1.82) is 0 Å². The first-order valence-corrected chi connectivity index (χ1v) is 9.25. The fourth-order valence-electron chi connectivity index (χ4n) is 2.13. The zero-order valence-electron chi connectivity index (χ0n) is 14.0. The fraction of sp³-hybridized carbons (Fsp3) is 0.250. The lowest BCUT2D eigenvalue weighted by Gasteiger charge is -2.10. The van der Waals surface area contributed by atoms with Gasteiger partial charge in [0.25, 0.3) is 0 Å². The number of thioether (sulfide) groups is 1. The molecule has 0 saturated carbocycles. The van der Waals surface area contributed by atoms with Crippen LogP contribution in [-0.4, -0.2) is 38.0 Å². The summed E-state index contributed by atoms with van der Waals surface area (Å²) in [5.41, 5.74) is 0.904. The largest absolute Gasteiger partial charge is 0.497 e. The van der Waals surface area contributed by atoms with E-state index in [9.17, 15) is 4.79 Å². The molecule has 0 aliphatic carbocycles. The molecular formula is C16H17N5O2S2. The van der Waals surface area contributed by atoms with Crippen molar-refractivity contribution in [3.8, 4) is 17.1 Å². The maximum atomic E-state index is 12.2. The van der Waals surface area contributed by atoms with Crippen molar-refractivity contribution >= 4 is 34.1 Å². The number of nitrogens with zero attached hydrogens (tertiary/aromatic N) is 4. The Morgan fingerprint density at radius 2 is 2.24 bits per heavy atom. The first kappa shape index (κ1) is 17.4. The van der Waals surface area contributed by atoms with Crippen LogP contribution in [0.15, 0.2) is 41.0 Å². The fourth-order valence-corrected chi connectivity index (χ4v) is 3.48. The van der Waals surface area contributed by atoms with Crippen molar-refractivity contribution in [2.24, 2.45) is 7.05 Å². The van der Waals surface area contributed by atoms with E-state index in [1.54, 1.807) is 13.3 Å². The standard InChI is InChI=1S/C16H17N5O2S2/c1-10(14(22)18-15-17-7-8-24-15)25-16-20-19-13(21(16)2)11-5-4-6-12(9-11)23-3/h4-10H,1-3H3,(H,17,18,22). The molecule has 1 amide bonds. The van der Waals surface area contributed by atoms with Gasteiger partial charge in [-0.15, -0.1) is 21.5 Å². The Bertz CT molecular complexity index is 863. The van der Waals surface area contributed by atoms with Gasteiger partial charge in [-0.2, -0.15) is 0 Å². The highest BCUT2D eigenvalue weighted by Gasteiger charge is 2.20. The number of thiazole rings is 1. The van der Waals surface area contributed by atoms with Crippen molar-refractivity contribution in [1.82, 2.24) is 19.7 Å². The van der Waals surface area contributed by atoms with Gasteiger partial charge in [0.05, 0.1) is 12.4 Å². The summed E-state index contributed by atoms with van der Waals surface area (Å²) in [6.45, 7) is 1.83. The number of carbonyl (C=O) groups excluding carboxylic acids is 1. The number of rotatable bonds is 6. The maximum absolute atomic E-state index is 12.2. The van der Waals surface area contributed by atoms with Gasteiger partial charge in [-0.1, -0.05) is 23.9 Å². The van der Waals surface area contributed by atoms with E-state index in [0.717, 1.165) is 11.3 Å². The highest BCUT2D eigenvalue weighted by atomic mass is 32.2. The number of nitrogens with one attached hydrogen (secondary N) is 1. The minimum absolute atomic E-state index is 0.120. The second kappa shape index (κ2) is 7.66. The summed E-state index contributed by atoms with van der Waals surface area (Å²) in [4.78, 5) is 16.3. The van der Waals surface area contributed by atoms with E-state index in [1.807, 2.05) is 48.2 Å². The molecule has 1 unspecified atom stereocenters. The number of hydrogen-bond acceptors (Lipinski definition) is 7. The third kappa shape index (κ3) is 3.99. The number of benzene rings is 1. The summed E-state index contributed by atoms with van der Waals surface area (Å²) in [5, 5.41) is 14.0. The molecule has 1 N–H and O–H groups in total. The number of ether oxygens (including phenoxy) is 1. The number of anilines is 1. The van der Waals surface area contributed by atoms with Gasteiger partial charge in [-0.05, 0) is 19.1 Å². The number of methoxy groups -OCH3 is 1. The molecule has 0 saturated heterocycles. The molecule has 0 aliphatic rings. The molecule has 0 radical (unpaired) electrons. The van der Waals surface area contributed by atoms with E-state index < -0.39 is 0 Å². The molecule has 2 heterocycles. The van der Waals surface area contributed by atoms with Crippen LogP contribution in [0.3, 0.4) is 0 Å². The van der Waals surface area contributed by atoms with Crippen LogP contribution in [0, 0.1) is 0 Å². The molecule has 130 valence electrons. The normalized spacial score (nSPS) is 12.0. The summed E-state index contributed by atoms with van der Waals surface area (Å²) >= 11 is 2.73. The molecule has 7 nitrogen and oxygen atoms in total. The average Bonchev–Trinajstić information content (AvgIpc) is 3.25. The van der Waals surface area contributed by atoms with Gasteiger partial charge in [0, 0.05) is 24.2 Å². The van der Waals surface area contributed by atoms with Crippen LogP contribution in [0.4, 0.5) is 5.13 Å². The van der Waals surface area contributed by atoms with Crippen LogP contribution in [-0.2, 0) is 11.8 Å². The van der Waals surface area contributed by atoms with Crippen molar-refractivity contribution in [3.05, 3.63) is 35.8 Å². The summed E-state index contributed by atoms with van der Waals surface area (Å²) in [6.07, 6.45) is 1.65. The molecule has 9 heteroatoms. The Balaban J connectivity index is 1.73. The van der Waals surface area contributed by atoms with E-state index in [1.165, 1.54) is 23.1 Å². The number of aromatic nitrogens is 4. The molecule has 0 bridgehead atoms. The van der Waals surface area contributed by atoms with Crippen LogP contribution in [0.1, 0.15) is 6.92 Å². The lowest BCUT2D eigenvalue weighted by molar-refractivity contribution is -0.115. The minimum Gasteiger partial charge on any atom is -0.497 e. The van der Waals surface area contributed by atoms with Gasteiger partial charge in [0.1, 0.15) is 5.75 Å². The Kier molecular flexibility index (Phi) is 5.34. The molecule has 3 rings (SSSR count). The molecule has 3 aromatic rings. The molecule has 0 aliphatic heterocycles. The van der Waals surface area contributed by atoms with Gasteiger partial charge in [0.15, 0.2) is 16.1 Å². The lowest BCUT2D eigenvalue weighted by atomic mass is 10.2. The van der Waals surface area contributed by atoms with Crippen LogP contribution in [0.2, 0.25) is 0 Å². The van der Waals surface area contributed by atoms with E-state index in [2.05, 4.69) is 20.5 Å². The Hall–Kier alpha value is -2.39. The lowest BCUT2D eigenvalue weighted by Crippen LogP contribution is -2.22. The minimum atomic E-state index is -0.329. The molecule has 0 spiro atoms. The van der Waals surface area contributed by atoms with Crippen molar-refractivity contribution < 1.29 is 9.53 Å². The highest BCUT2D eigenvalue weighted by Crippen LogP contribution is 2.28. The average molecular weight is 375 g/mol. The van der Waals surface area contributed by atoms with Crippen LogP contribution >= 0.6 is 23.1 Å². The van der Waals surface area contributed by atoms with Crippen molar-refractivity contribution in [3.63, 3.8) is 0 Å². The Morgan fingerprint density at radius 1 is 1.40 bits per heavy atom. The topological polar surface area (TPSA) is 81.9 Å². The van der Waals surface area contributed by atoms with Gasteiger partial charge in [-0.25, -0.2) is 4.98 Å². The van der Waals surface area contributed by atoms with E-state index in [0.29, 0.717) is 16.1 Å². The Labute approximate surface area is 153 Å². The number of hydrogen-bond donors (Lipinski definition) is 1. The molecule has 25 heavy (non-hydrogen) atoms.